The molecule has 1 aromatic heterocycles. The number of ether oxygens (including phenoxy) is 1. The average molecular weight is 328 g/mol. The van der Waals surface area contributed by atoms with E-state index in [1.165, 1.54) is 0 Å². The molecule has 0 unspecified atom stereocenters. The highest BCUT2D eigenvalue weighted by molar-refractivity contribution is 9.10. The highest BCUT2D eigenvalue weighted by atomic mass is 79.9. The lowest BCUT2D eigenvalue weighted by atomic mass is 10.2. The molecule has 1 aromatic carbocycles. The fraction of sp³-hybridized carbons (Fsp3) is 0.154. The second-order valence-corrected chi connectivity index (χ2v) is 4.99. The van der Waals surface area contributed by atoms with Crippen LogP contribution < -0.4 is 10.1 Å². The average Bonchev–Trinajstić information content (AvgIpc) is 2.33. The van der Waals surface area contributed by atoms with Gasteiger partial charge in [-0.25, -0.2) is 4.98 Å². The number of hydrogen-bond acceptors (Lipinski definition) is 3. The number of hydrogen-bond donors (Lipinski definition) is 1. The first-order valence-corrected chi connectivity index (χ1v) is 6.51. The summed E-state index contributed by atoms with van der Waals surface area (Å²) in [4.78, 5) is 4.31. The van der Waals surface area contributed by atoms with E-state index in [0.717, 1.165) is 21.7 Å². The molecule has 0 amide bonds. The Morgan fingerprint density at radius 1 is 1.33 bits per heavy atom. The van der Waals surface area contributed by atoms with Crippen LogP contribution in [0.1, 0.15) is 5.56 Å². The second-order valence-electron chi connectivity index (χ2n) is 3.77. The van der Waals surface area contributed by atoms with Gasteiger partial charge in [-0.1, -0.05) is 17.7 Å². The second kappa shape index (κ2) is 5.59. The minimum absolute atomic E-state index is 0.680. The van der Waals surface area contributed by atoms with Crippen molar-refractivity contribution < 1.29 is 4.74 Å². The van der Waals surface area contributed by atoms with Gasteiger partial charge in [-0.15, -0.1) is 0 Å². The number of nitrogens with zero attached hydrogens (tertiary/aromatic N) is 1. The van der Waals surface area contributed by atoms with Crippen LogP contribution in [0, 0.1) is 6.92 Å². The van der Waals surface area contributed by atoms with Crippen molar-refractivity contribution in [3.8, 4) is 5.75 Å². The smallest absolute Gasteiger partial charge is 0.143 e. The molecule has 2 rings (SSSR count). The maximum atomic E-state index is 6.06. The van der Waals surface area contributed by atoms with Crippen molar-refractivity contribution in [1.82, 2.24) is 4.98 Å². The summed E-state index contributed by atoms with van der Waals surface area (Å²) in [6.07, 6.45) is 0. The van der Waals surface area contributed by atoms with Crippen LogP contribution in [0.5, 0.6) is 5.75 Å². The van der Waals surface area contributed by atoms with Crippen molar-refractivity contribution in [2.75, 3.05) is 12.4 Å². The van der Waals surface area contributed by atoms with E-state index >= 15 is 0 Å². The largest absolute Gasteiger partial charge is 0.495 e. The van der Waals surface area contributed by atoms with Gasteiger partial charge < -0.3 is 10.1 Å². The Labute approximate surface area is 119 Å². The molecule has 5 heteroatoms. The lowest BCUT2D eigenvalue weighted by Gasteiger charge is -2.12. The van der Waals surface area contributed by atoms with Crippen LogP contribution in [0.3, 0.4) is 0 Å². The van der Waals surface area contributed by atoms with Gasteiger partial charge in [-0.3, -0.25) is 0 Å². The summed E-state index contributed by atoms with van der Waals surface area (Å²) >= 11 is 9.40. The van der Waals surface area contributed by atoms with Gasteiger partial charge in [0.1, 0.15) is 16.2 Å². The van der Waals surface area contributed by atoms with Gasteiger partial charge in [0.2, 0.25) is 0 Å². The third-order valence-corrected chi connectivity index (χ3v) is 3.31. The summed E-state index contributed by atoms with van der Waals surface area (Å²) in [7, 11) is 1.61. The summed E-state index contributed by atoms with van der Waals surface area (Å²) in [5.41, 5.74) is 1.82. The number of halogens is 2. The molecular weight excluding hydrogens is 316 g/mol. The van der Waals surface area contributed by atoms with Crippen LogP contribution in [0.2, 0.25) is 5.02 Å². The van der Waals surface area contributed by atoms with E-state index in [9.17, 15) is 0 Å². The van der Waals surface area contributed by atoms with E-state index in [2.05, 4.69) is 26.2 Å². The van der Waals surface area contributed by atoms with Gasteiger partial charge in [0.15, 0.2) is 0 Å². The lowest BCUT2D eigenvalue weighted by molar-refractivity contribution is 0.416. The van der Waals surface area contributed by atoms with E-state index in [1.807, 2.05) is 31.2 Å². The van der Waals surface area contributed by atoms with Gasteiger partial charge in [0, 0.05) is 11.1 Å². The van der Waals surface area contributed by atoms with Crippen LogP contribution in [0.4, 0.5) is 11.5 Å². The minimum Gasteiger partial charge on any atom is -0.495 e. The predicted molar refractivity (Wildman–Crippen MR) is 78.0 cm³/mol. The summed E-state index contributed by atoms with van der Waals surface area (Å²) < 4.78 is 6.07. The molecule has 18 heavy (non-hydrogen) atoms. The number of methoxy groups -OCH3 is 1. The summed E-state index contributed by atoms with van der Waals surface area (Å²) in [5.74, 6) is 1.43. The molecule has 0 fully saturated rings. The van der Waals surface area contributed by atoms with E-state index in [0.29, 0.717) is 10.8 Å². The van der Waals surface area contributed by atoms with Gasteiger partial charge in [-0.2, -0.15) is 0 Å². The fourth-order valence-electron chi connectivity index (χ4n) is 1.55. The summed E-state index contributed by atoms with van der Waals surface area (Å²) in [6.45, 7) is 1.95. The summed E-state index contributed by atoms with van der Waals surface area (Å²) in [6, 6.07) is 9.39. The molecule has 0 aliphatic rings. The zero-order chi connectivity index (χ0) is 13.1. The number of aryl methyl sites for hydroxylation is 1. The van der Waals surface area contributed by atoms with Crippen LogP contribution in [0.25, 0.3) is 0 Å². The molecule has 3 nitrogen and oxygen atoms in total. The monoisotopic (exact) mass is 326 g/mol. The molecule has 0 bridgehead atoms. The summed E-state index contributed by atoms with van der Waals surface area (Å²) in [5, 5.41) is 3.89. The quantitative estimate of drug-likeness (QED) is 0.839. The number of anilines is 2. The van der Waals surface area contributed by atoms with Crippen molar-refractivity contribution >= 4 is 39.0 Å². The molecule has 0 aliphatic carbocycles. The zero-order valence-corrected chi connectivity index (χ0v) is 12.3. The van der Waals surface area contributed by atoms with Crippen LogP contribution >= 0.6 is 27.5 Å². The van der Waals surface area contributed by atoms with E-state index < -0.39 is 0 Å². The third kappa shape index (κ3) is 2.94. The van der Waals surface area contributed by atoms with E-state index in [-0.39, 0.29) is 0 Å². The van der Waals surface area contributed by atoms with Crippen molar-refractivity contribution in [2.24, 2.45) is 0 Å². The van der Waals surface area contributed by atoms with Crippen LogP contribution in [-0.2, 0) is 0 Å². The van der Waals surface area contributed by atoms with E-state index in [1.54, 1.807) is 13.2 Å². The van der Waals surface area contributed by atoms with Crippen molar-refractivity contribution in [2.45, 2.75) is 6.92 Å². The molecule has 1 heterocycles. The molecule has 0 saturated heterocycles. The lowest BCUT2D eigenvalue weighted by Crippen LogP contribution is -1.97. The topological polar surface area (TPSA) is 34.1 Å². The maximum Gasteiger partial charge on any atom is 0.143 e. The molecule has 0 radical (unpaired) electrons. The van der Waals surface area contributed by atoms with Crippen LogP contribution in [0.15, 0.2) is 34.9 Å². The molecular formula is C13H12BrClN2O. The molecule has 0 aliphatic heterocycles. The Morgan fingerprint density at radius 2 is 2.11 bits per heavy atom. The normalized spacial score (nSPS) is 10.2. The number of benzene rings is 1. The first-order valence-electron chi connectivity index (χ1n) is 5.34. The standard InChI is InChI=1S/C13H12BrClN2O/c1-8-6-10(11(18-2)7-9(8)15)16-13-5-3-4-12(14)17-13/h3-7H,1-2H3,(H,16,17). The molecule has 0 atom stereocenters. The Hall–Kier alpha value is -1.26. The fourth-order valence-corrected chi connectivity index (χ4v) is 2.04. The molecule has 94 valence electrons. The van der Waals surface area contributed by atoms with Crippen molar-refractivity contribution in [3.63, 3.8) is 0 Å². The van der Waals surface area contributed by atoms with Crippen molar-refractivity contribution in [3.05, 3.63) is 45.5 Å². The Kier molecular flexibility index (Phi) is 4.09. The van der Waals surface area contributed by atoms with Gasteiger partial charge in [-0.05, 0) is 46.6 Å². The number of aromatic nitrogens is 1. The number of nitrogens with one attached hydrogen (secondary N) is 1. The number of pyridine rings is 1. The maximum absolute atomic E-state index is 6.06. The zero-order valence-electron chi connectivity index (χ0n) is 10.00. The molecule has 1 N–H and O–H groups in total. The first kappa shape index (κ1) is 13.2. The highest BCUT2D eigenvalue weighted by Crippen LogP contribution is 2.32. The van der Waals surface area contributed by atoms with Gasteiger partial charge in [0.25, 0.3) is 0 Å². The Balaban J connectivity index is 2.36. The van der Waals surface area contributed by atoms with Crippen LogP contribution in [-0.4, -0.2) is 12.1 Å². The van der Waals surface area contributed by atoms with Crippen molar-refractivity contribution in [1.29, 1.82) is 0 Å². The molecule has 0 spiro atoms. The first-order chi connectivity index (χ1) is 8.60. The SMILES string of the molecule is COc1cc(Cl)c(C)cc1Nc1cccc(Br)n1. The Morgan fingerprint density at radius 3 is 2.78 bits per heavy atom. The minimum atomic E-state index is 0.680. The van der Waals surface area contributed by atoms with Gasteiger partial charge >= 0.3 is 0 Å². The third-order valence-electron chi connectivity index (χ3n) is 2.46. The predicted octanol–water partition coefficient (Wildman–Crippen LogP) is 4.56. The van der Waals surface area contributed by atoms with E-state index in [4.69, 9.17) is 16.3 Å². The molecule has 2 aromatic rings. The Bertz CT molecular complexity index is 575. The van der Waals surface area contributed by atoms with Gasteiger partial charge in [0.05, 0.1) is 12.8 Å². The molecule has 0 saturated carbocycles. The number of rotatable bonds is 3. The highest BCUT2D eigenvalue weighted by Gasteiger charge is 2.07.